The summed E-state index contributed by atoms with van der Waals surface area (Å²) < 4.78 is 5.05. The third-order valence-electron chi connectivity index (χ3n) is 2.84. The maximum absolute atomic E-state index is 11.9. The van der Waals surface area contributed by atoms with Crippen LogP contribution in [0.15, 0.2) is 30.3 Å². The quantitative estimate of drug-likeness (QED) is 0.790. The topological polar surface area (TPSA) is 46.5 Å². The number of hydrogen-bond donors (Lipinski definition) is 1. The van der Waals surface area contributed by atoms with Gasteiger partial charge in [0.15, 0.2) is 0 Å². The number of esters is 1. The largest absolute Gasteiger partial charge is 0.466 e. The number of hydrogen-bond acceptors (Lipinski definition) is 3. The fourth-order valence-corrected chi connectivity index (χ4v) is 1.99. The summed E-state index contributed by atoms with van der Waals surface area (Å²) in [5.41, 5.74) is 0.760. The average molecular weight is 250 g/mol. The van der Waals surface area contributed by atoms with Gasteiger partial charge in [-0.25, -0.2) is 0 Å². The summed E-state index contributed by atoms with van der Waals surface area (Å²) in [4.78, 5) is 11.9. The molecule has 0 aliphatic heterocycles. The standard InChI is InChI=1S/C15H22O3/c1-4-18-15(17)13(10-11(2)3)14(16)12-8-6-5-7-9-12/h5-9,11,13-14,16H,4,10H2,1-3H3/t13-,14-/m1/s1. The molecule has 3 heteroatoms. The SMILES string of the molecule is CCOC(=O)[C@H](CC(C)C)[C@H](O)c1ccccc1. The van der Waals surface area contributed by atoms with Gasteiger partial charge in [0.25, 0.3) is 0 Å². The Bertz CT molecular complexity index is 359. The van der Waals surface area contributed by atoms with E-state index in [9.17, 15) is 9.90 Å². The smallest absolute Gasteiger partial charge is 0.311 e. The van der Waals surface area contributed by atoms with Gasteiger partial charge >= 0.3 is 5.97 Å². The molecule has 1 aromatic carbocycles. The van der Waals surface area contributed by atoms with Gasteiger partial charge in [0, 0.05) is 0 Å². The molecule has 3 nitrogen and oxygen atoms in total. The monoisotopic (exact) mass is 250 g/mol. The van der Waals surface area contributed by atoms with Crippen molar-refractivity contribution < 1.29 is 14.6 Å². The van der Waals surface area contributed by atoms with E-state index in [1.54, 1.807) is 6.92 Å². The van der Waals surface area contributed by atoms with E-state index in [1.807, 2.05) is 44.2 Å². The maximum atomic E-state index is 11.9. The van der Waals surface area contributed by atoms with E-state index in [-0.39, 0.29) is 5.97 Å². The van der Waals surface area contributed by atoms with Gasteiger partial charge in [-0.15, -0.1) is 0 Å². The second-order valence-electron chi connectivity index (χ2n) is 4.84. The van der Waals surface area contributed by atoms with E-state index in [1.165, 1.54) is 0 Å². The van der Waals surface area contributed by atoms with Crippen LogP contribution in [0.25, 0.3) is 0 Å². The Morgan fingerprint density at radius 1 is 1.28 bits per heavy atom. The first-order chi connectivity index (χ1) is 8.56. The van der Waals surface area contributed by atoms with Crippen LogP contribution in [0.4, 0.5) is 0 Å². The van der Waals surface area contributed by atoms with Gasteiger partial charge in [0.1, 0.15) is 0 Å². The third-order valence-corrected chi connectivity index (χ3v) is 2.84. The summed E-state index contributed by atoms with van der Waals surface area (Å²) in [7, 11) is 0. The van der Waals surface area contributed by atoms with Crippen molar-refractivity contribution >= 4 is 5.97 Å². The van der Waals surface area contributed by atoms with Gasteiger partial charge in [-0.05, 0) is 24.8 Å². The van der Waals surface area contributed by atoms with Gasteiger partial charge in [-0.3, -0.25) is 4.79 Å². The molecular weight excluding hydrogens is 228 g/mol. The Labute approximate surface area is 109 Å². The minimum absolute atomic E-state index is 0.317. The normalized spacial score (nSPS) is 14.3. The lowest BCUT2D eigenvalue weighted by Crippen LogP contribution is -2.26. The Hall–Kier alpha value is -1.35. The van der Waals surface area contributed by atoms with E-state index in [0.29, 0.717) is 18.9 Å². The van der Waals surface area contributed by atoms with Crippen molar-refractivity contribution in [1.82, 2.24) is 0 Å². The summed E-state index contributed by atoms with van der Waals surface area (Å²) in [5.74, 6) is -0.479. The molecule has 0 heterocycles. The molecule has 100 valence electrons. The second kappa shape index (κ2) is 7.17. The zero-order chi connectivity index (χ0) is 13.5. The van der Waals surface area contributed by atoms with E-state index in [0.717, 1.165) is 5.56 Å². The van der Waals surface area contributed by atoms with Crippen LogP contribution in [0, 0.1) is 11.8 Å². The minimum Gasteiger partial charge on any atom is -0.466 e. The van der Waals surface area contributed by atoms with E-state index < -0.39 is 12.0 Å². The number of carbonyl (C=O) groups excluding carboxylic acids is 1. The predicted molar refractivity (Wildman–Crippen MR) is 71.0 cm³/mol. The summed E-state index contributed by atoms with van der Waals surface area (Å²) in [6.07, 6.45) is -0.179. The highest BCUT2D eigenvalue weighted by atomic mass is 16.5. The molecule has 0 radical (unpaired) electrons. The van der Waals surface area contributed by atoms with Crippen molar-refractivity contribution in [1.29, 1.82) is 0 Å². The fourth-order valence-electron chi connectivity index (χ4n) is 1.99. The van der Waals surface area contributed by atoms with Crippen LogP contribution in [0.1, 0.15) is 38.9 Å². The Kier molecular flexibility index (Phi) is 5.86. The molecule has 2 atom stereocenters. The summed E-state index contributed by atoms with van der Waals surface area (Å²) >= 11 is 0. The van der Waals surface area contributed by atoms with Crippen molar-refractivity contribution in [2.45, 2.75) is 33.3 Å². The molecule has 1 N–H and O–H groups in total. The summed E-state index contributed by atoms with van der Waals surface area (Å²) in [6, 6.07) is 9.26. The minimum atomic E-state index is -0.798. The second-order valence-corrected chi connectivity index (χ2v) is 4.84. The van der Waals surface area contributed by atoms with Gasteiger partial charge in [-0.2, -0.15) is 0 Å². The van der Waals surface area contributed by atoms with Crippen molar-refractivity contribution in [2.24, 2.45) is 11.8 Å². The molecule has 18 heavy (non-hydrogen) atoms. The number of carbonyl (C=O) groups is 1. The molecule has 0 saturated heterocycles. The van der Waals surface area contributed by atoms with Gasteiger partial charge < -0.3 is 9.84 Å². The first kappa shape index (κ1) is 14.7. The molecular formula is C15H22O3. The highest BCUT2D eigenvalue weighted by Crippen LogP contribution is 2.28. The molecule has 0 saturated carbocycles. The van der Waals surface area contributed by atoms with Crippen LogP contribution in [0.2, 0.25) is 0 Å². The third kappa shape index (κ3) is 4.15. The van der Waals surface area contributed by atoms with Crippen LogP contribution in [-0.4, -0.2) is 17.7 Å². The number of rotatable bonds is 6. The average Bonchev–Trinajstić information content (AvgIpc) is 2.36. The zero-order valence-corrected chi connectivity index (χ0v) is 11.3. The first-order valence-electron chi connectivity index (χ1n) is 6.45. The Balaban J connectivity index is 2.85. The molecule has 0 aliphatic carbocycles. The lowest BCUT2D eigenvalue weighted by Gasteiger charge is -2.23. The summed E-state index contributed by atoms with van der Waals surface area (Å²) in [5, 5.41) is 10.3. The van der Waals surface area contributed by atoms with Crippen LogP contribution in [0.5, 0.6) is 0 Å². The van der Waals surface area contributed by atoms with Crippen LogP contribution in [-0.2, 0) is 9.53 Å². The van der Waals surface area contributed by atoms with Crippen LogP contribution >= 0.6 is 0 Å². The molecule has 0 aromatic heterocycles. The fraction of sp³-hybridized carbons (Fsp3) is 0.533. The number of aliphatic hydroxyl groups excluding tert-OH is 1. The predicted octanol–water partition coefficient (Wildman–Crippen LogP) is 2.95. The summed E-state index contributed by atoms with van der Waals surface area (Å²) in [6.45, 7) is 6.18. The molecule has 0 aliphatic rings. The lowest BCUT2D eigenvalue weighted by molar-refractivity contribution is -0.153. The molecule has 0 unspecified atom stereocenters. The molecule has 1 rings (SSSR count). The molecule has 1 aromatic rings. The number of aliphatic hydroxyl groups is 1. The van der Waals surface area contributed by atoms with Gasteiger partial charge in [-0.1, -0.05) is 44.2 Å². The molecule has 0 fully saturated rings. The van der Waals surface area contributed by atoms with Crippen LogP contribution < -0.4 is 0 Å². The van der Waals surface area contributed by atoms with Crippen molar-refractivity contribution in [3.8, 4) is 0 Å². The van der Waals surface area contributed by atoms with E-state index >= 15 is 0 Å². The molecule has 0 spiro atoms. The molecule has 0 bridgehead atoms. The number of benzene rings is 1. The van der Waals surface area contributed by atoms with Gasteiger partial charge in [0.2, 0.25) is 0 Å². The highest BCUT2D eigenvalue weighted by molar-refractivity contribution is 5.73. The number of ether oxygens (including phenoxy) is 1. The molecule has 0 amide bonds. The van der Waals surface area contributed by atoms with Crippen molar-refractivity contribution in [3.05, 3.63) is 35.9 Å². The highest BCUT2D eigenvalue weighted by Gasteiger charge is 2.29. The lowest BCUT2D eigenvalue weighted by atomic mass is 9.88. The zero-order valence-electron chi connectivity index (χ0n) is 11.3. The Morgan fingerprint density at radius 3 is 2.39 bits per heavy atom. The van der Waals surface area contributed by atoms with Crippen molar-refractivity contribution in [2.75, 3.05) is 6.61 Å². The van der Waals surface area contributed by atoms with Crippen molar-refractivity contribution in [3.63, 3.8) is 0 Å². The Morgan fingerprint density at radius 2 is 1.89 bits per heavy atom. The van der Waals surface area contributed by atoms with Gasteiger partial charge in [0.05, 0.1) is 18.6 Å². The van der Waals surface area contributed by atoms with E-state index in [2.05, 4.69) is 0 Å². The first-order valence-corrected chi connectivity index (χ1v) is 6.45. The maximum Gasteiger partial charge on any atom is 0.311 e. The van der Waals surface area contributed by atoms with Crippen LogP contribution in [0.3, 0.4) is 0 Å². The van der Waals surface area contributed by atoms with E-state index in [4.69, 9.17) is 4.74 Å².